The molecule has 0 radical (unpaired) electrons. The fraction of sp³-hybridized carbons (Fsp3) is 0. The number of halogens is 1. The van der Waals surface area contributed by atoms with Gasteiger partial charge >= 0.3 is 0 Å². The van der Waals surface area contributed by atoms with Crippen LogP contribution >= 0.6 is 23.4 Å². The highest BCUT2D eigenvalue weighted by molar-refractivity contribution is 8.14. The zero-order valence-electron chi connectivity index (χ0n) is 10.6. The van der Waals surface area contributed by atoms with Crippen molar-refractivity contribution in [2.45, 2.75) is 5.22 Å². The average Bonchev–Trinajstić information content (AvgIpc) is 2.97. The molecule has 0 unspecified atom stereocenters. The smallest absolute Gasteiger partial charge is 0.284 e. The molecule has 0 spiro atoms. The number of hydrogen-bond donors (Lipinski definition) is 0. The van der Waals surface area contributed by atoms with E-state index in [4.69, 9.17) is 16.0 Å². The monoisotopic (exact) mass is 317 g/mol. The second kappa shape index (κ2) is 6.07. The van der Waals surface area contributed by atoms with E-state index >= 15 is 0 Å². The van der Waals surface area contributed by atoms with Crippen LogP contribution in [0.4, 0.5) is 0 Å². The van der Waals surface area contributed by atoms with Gasteiger partial charge in [0.25, 0.3) is 5.22 Å². The number of carbonyl (C=O) groups is 1. The summed E-state index contributed by atoms with van der Waals surface area (Å²) in [6.45, 7) is 0. The van der Waals surface area contributed by atoms with Crippen molar-refractivity contribution in [3.63, 3.8) is 0 Å². The summed E-state index contributed by atoms with van der Waals surface area (Å²) in [5.41, 5.74) is 1.10. The fourth-order valence-corrected chi connectivity index (χ4v) is 2.54. The Morgan fingerprint density at radius 2 is 2.00 bits per heavy atom. The molecule has 0 saturated carbocycles. The van der Waals surface area contributed by atoms with Crippen molar-refractivity contribution in [1.82, 2.24) is 15.2 Å². The van der Waals surface area contributed by atoms with Gasteiger partial charge in [0.15, 0.2) is 0 Å². The molecule has 0 fully saturated rings. The maximum Gasteiger partial charge on any atom is 0.284 e. The third kappa shape index (κ3) is 3.12. The number of aromatic nitrogens is 3. The van der Waals surface area contributed by atoms with Crippen molar-refractivity contribution in [3.8, 4) is 11.5 Å². The summed E-state index contributed by atoms with van der Waals surface area (Å²) in [5, 5.41) is 8.04. The molecule has 1 aromatic carbocycles. The minimum absolute atomic E-state index is 0.166. The topological polar surface area (TPSA) is 68.9 Å². The molecular weight excluding hydrogens is 310 g/mol. The summed E-state index contributed by atoms with van der Waals surface area (Å²) in [4.78, 5) is 16.1. The summed E-state index contributed by atoms with van der Waals surface area (Å²) in [7, 11) is 0. The fourth-order valence-electron chi connectivity index (χ4n) is 1.62. The van der Waals surface area contributed by atoms with Gasteiger partial charge in [-0.15, -0.1) is 10.2 Å². The van der Waals surface area contributed by atoms with Gasteiger partial charge in [-0.25, -0.2) is 0 Å². The van der Waals surface area contributed by atoms with E-state index in [9.17, 15) is 4.79 Å². The molecule has 7 heteroatoms. The highest BCUT2D eigenvalue weighted by atomic mass is 35.5. The van der Waals surface area contributed by atoms with Gasteiger partial charge in [0, 0.05) is 29.7 Å². The minimum atomic E-state index is -0.248. The van der Waals surface area contributed by atoms with Crippen molar-refractivity contribution in [2.75, 3.05) is 0 Å². The number of benzene rings is 1. The molecule has 0 N–H and O–H groups in total. The summed E-state index contributed by atoms with van der Waals surface area (Å²) in [6.07, 6.45) is 3.26. The van der Waals surface area contributed by atoms with Crippen LogP contribution < -0.4 is 0 Å². The summed E-state index contributed by atoms with van der Waals surface area (Å²) >= 11 is 6.82. The van der Waals surface area contributed by atoms with Crippen LogP contribution in [0.5, 0.6) is 0 Å². The lowest BCUT2D eigenvalue weighted by Crippen LogP contribution is -1.94. The van der Waals surface area contributed by atoms with Gasteiger partial charge in [-0.05, 0) is 24.3 Å². The molecule has 104 valence electrons. The van der Waals surface area contributed by atoms with Crippen LogP contribution in [0, 0.1) is 0 Å². The summed E-state index contributed by atoms with van der Waals surface area (Å²) in [5.74, 6) is 0.317. The van der Waals surface area contributed by atoms with Crippen LogP contribution in [-0.2, 0) is 0 Å². The Kier molecular flexibility index (Phi) is 3.98. The predicted molar refractivity (Wildman–Crippen MR) is 79.2 cm³/mol. The van der Waals surface area contributed by atoms with Crippen LogP contribution in [0.1, 0.15) is 10.4 Å². The first-order valence-corrected chi connectivity index (χ1v) is 7.14. The Morgan fingerprint density at radius 3 is 2.76 bits per heavy atom. The van der Waals surface area contributed by atoms with E-state index in [0.29, 0.717) is 22.0 Å². The van der Waals surface area contributed by atoms with E-state index in [1.165, 1.54) is 0 Å². The van der Waals surface area contributed by atoms with Gasteiger partial charge in [0.2, 0.25) is 11.0 Å². The molecule has 21 heavy (non-hydrogen) atoms. The van der Waals surface area contributed by atoms with Crippen molar-refractivity contribution >= 4 is 28.5 Å². The zero-order chi connectivity index (χ0) is 14.7. The highest BCUT2D eigenvalue weighted by Gasteiger charge is 2.16. The number of nitrogens with zero attached hydrogens (tertiary/aromatic N) is 3. The quantitative estimate of drug-likeness (QED) is 0.686. The van der Waals surface area contributed by atoms with Gasteiger partial charge in [-0.1, -0.05) is 23.7 Å². The molecule has 0 bridgehead atoms. The van der Waals surface area contributed by atoms with E-state index in [2.05, 4.69) is 15.2 Å². The molecule has 5 nitrogen and oxygen atoms in total. The van der Waals surface area contributed by atoms with Gasteiger partial charge in [0.1, 0.15) is 0 Å². The van der Waals surface area contributed by atoms with Crippen LogP contribution in [0.25, 0.3) is 11.5 Å². The van der Waals surface area contributed by atoms with Gasteiger partial charge in [0.05, 0.1) is 10.6 Å². The van der Waals surface area contributed by atoms with E-state index < -0.39 is 0 Å². The summed E-state index contributed by atoms with van der Waals surface area (Å²) < 4.78 is 5.44. The van der Waals surface area contributed by atoms with Crippen molar-refractivity contribution in [2.24, 2.45) is 0 Å². The van der Waals surface area contributed by atoms with E-state index in [1.54, 1.807) is 48.8 Å². The third-order valence-corrected chi connectivity index (χ3v) is 3.66. The molecule has 2 aromatic heterocycles. The van der Waals surface area contributed by atoms with Gasteiger partial charge in [-0.3, -0.25) is 9.78 Å². The number of thioether (sulfide) groups is 1. The molecular formula is C14H8ClN3O2S. The number of hydrogen-bond acceptors (Lipinski definition) is 6. The Balaban J connectivity index is 1.79. The Hall–Kier alpha value is -2.18. The molecule has 0 aliphatic carbocycles. The third-order valence-electron chi connectivity index (χ3n) is 2.59. The lowest BCUT2D eigenvalue weighted by atomic mass is 10.2. The normalized spacial score (nSPS) is 10.5. The Morgan fingerprint density at radius 1 is 1.14 bits per heavy atom. The first-order valence-electron chi connectivity index (χ1n) is 5.94. The van der Waals surface area contributed by atoms with Crippen LogP contribution in [0.3, 0.4) is 0 Å². The number of rotatable bonds is 3. The standard InChI is InChI=1S/C14H8ClN3O2S/c15-11-6-2-1-5-10(11)13(19)21-14-18-17-12(20-14)9-4-3-7-16-8-9/h1-8H. The molecule has 0 aliphatic heterocycles. The Bertz CT molecular complexity index is 777. The molecule has 3 aromatic rings. The minimum Gasteiger partial charge on any atom is -0.411 e. The van der Waals surface area contributed by atoms with Crippen molar-refractivity contribution < 1.29 is 9.21 Å². The SMILES string of the molecule is O=C(Sc1nnc(-c2cccnc2)o1)c1ccccc1Cl. The zero-order valence-corrected chi connectivity index (χ0v) is 12.1. The van der Waals surface area contributed by atoms with Crippen LogP contribution in [0.15, 0.2) is 58.4 Å². The first kappa shape index (κ1) is 13.8. The molecule has 3 rings (SSSR count). The highest BCUT2D eigenvalue weighted by Crippen LogP contribution is 2.27. The largest absolute Gasteiger partial charge is 0.411 e. The lowest BCUT2D eigenvalue weighted by molar-refractivity contribution is 0.108. The second-order valence-electron chi connectivity index (χ2n) is 3.98. The van der Waals surface area contributed by atoms with E-state index in [-0.39, 0.29) is 10.3 Å². The number of carbonyl (C=O) groups excluding carboxylic acids is 1. The van der Waals surface area contributed by atoms with Crippen LogP contribution in [-0.4, -0.2) is 20.3 Å². The molecule has 0 saturated heterocycles. The molecule has 2 heterocycles. The first-order chi connectivity index (χ1) is 10.2. The molecule has 0 aliphatic rings. The Labute approximate surface area is 129 Å². The maximum atomic E-state index is 12.1. The average molecular weight is 318 g/mol. The maximum absolute atomic E-state index is 12.1. The summed E-state index contributed by atoms with van der Waals surface area (Å²) in [6, 6.07) is 10.4. The molecule has 0 atom stereocenters. The number of pyridine rings is 1. The van der Waals surface area contributed by atoms with Crippen molar-refractivity contribution in [3.05, 3.63) is 59.4 Å². The van der Waals surface area contributed by atoms with E-state index in [0.717, 1.165) is 11.8 Å². The van der Waals surface area contributed by atoms with Gasteiger partial charge in [-0.2, -0.15) is 0 Å². The lowest BCUT2D eigenvalue weighted by Gasteiger charge is -1.99. The van der Waals surface area contributed by atoms with Crippen LogP contribution in [0.2, 0.25) is 5.02 Å². The van der Waals surface area contributed by atoms with Gasteiger partial charge < -0.3 is 4.42 Å². The van der Waals surface area contributed by atoms with E-state index in [1.807, 2.05) is 0 Å². The predicted octanol–water partition coefficient (Wildman–Crippen LogP) is 3.72. The second-order valence-corrected chi connectivity index (χ2v) is 5.32. The van der Waals surface area contributed by atoms with Crippen molar-refractivity contribution in [1.29, 1.82) is 0 Å². The molecule has 0 amide bonds.